The molecule has 0 spiro atoms. The van der Waals surface area contributed by atoms with E-state index in [0.29, 0.717) is 11.4 Å². The lowest BCUT2D eigenvalue weighted by molar-refractivity contribution is -0.269. The van der Waals surface area contributed by atoms with Gasteiger partial charge in [-0.15, -0.1) is 0 Å². The molecule has 0 N–H and O–H groups in total. The van der Waals surface area contributed by atoms with Gasteiger partial charge in [0, 0.05) is 11.1 Å². The predicted octanol–water partition coefficient (Wildman–Crippen LogP) is 7.62. The third-order valence-electron chi connectivity index (χ3n) is 6.00. The normalized spacial score (nSPS) is 14.5. The quantitative estimate of drug-likeness (QED) is 0.375. The highest BCUT2D eigenvalue weighted by atomic mass is 16.5. The van der Waals surface area contributed by atoms with Crippen LogP contribution >= 0.6 is 0 Å². The van der Waals surface area contributed by atoms with Gasteiger partial charge >= 0.3 is 0 Å². The van der Waals surface area contributed by atoms with Crippen molar-refractivity contribution in [3.8, 4) is 17.2 Å². The molecule has 0 aromatic heterocycles. The predicted molar refractivity (Wildman–Crippen MR) is 129 cm³/mol. The van der Waals surface area contributed by atoms with Crippen LogP contribution in [0.15, 0.2) is 18.2 Å². The van der Waals surface area contributed by atoms with Crippen LogP contribution in [-0.2, 0) is 21.7 Å². The van der Waals surface area contributed by atoms with Gasteiger partial charge in [-0.25, -0.2) is 5.32 Å². The first kappa shape index (κ1) is 23.5. The topological polar surface area (TPSA) is 46.4 Å². The Balaban J connectivity index is 2.35. The number of nitrogens with zero attached hydrogens (tertiary/aromatic N) is 1. The highest BCUT2D eigenvalue weighted by molar-refractivity contribution is 5.78. The summed E-state index contributed by atoms with van der Waals surface area (Å²) < 4.78 is 6.62. The molecule has 1 radical (unpaired) electrons. The highest BCUT2D eigenvalue weighted by Crippen LogP contribution is 2.55. The van der Waals surface area contributed by atoms with Gasteiger partial charge in [-0.1, -0.05) is 101 Å². The Morgan fingerprint density at radius 1 is 0.613 bits per heavy atom. The number of fused-ring (bicyclic) bond motifs is 2. The molecule has 0 amide bonds. The first-order chi connectivity index (χ1) is 13.8. The van der Waals surface area contributed by atoms with Crippen LogP contribution in [0.1, 0.15) is 105 Å². The molecule has 0 unspecified atom stereocenters. The number of benzene rings is 2. The van der Waals surface area contributed by atoms with Crippen LogP contribution in [-0.4, -0.2) is 0 Å². The van der Waals surface area contributed by atoms with E-state index in [2.05, 4.69) is 95.2 Å². The van der Waals surface area contributed by atoms with Crippen molar-refractivity contribution in [2.45, 2.75) is 105 Å². The summed E-state index contributed by atoms with van der Waals surface area (Å²) in [5.74, 6) is 1.37. The highest BCUT2D eigenvalue weighted by Gasteiger charge is 2.34. The molecular formula is C28H39NO2-. The molecular weight excluding hydrogens is 382 g/mol. The maximum absolute atomic E-state index is 13.5. The van der Waals surface area contributed by atoms with Crippen molar-refractivity contribution in [1.29, 1.82) is 0 Å². The SMILES string of the molecule is CC(C)(C)c1cc2c(c(C(C)(C)C)c1)Oc1c(C(C)(C)C)cc(C(C)(C)C)c([O-])c1[N]2. The van der Waals surface area contributed by atoms with Gasteiger partial charge in [0.25, 0.3) is 0 Å². The molecule has 0 saturated carbocycles. The van der Waals surface area contributed by atoms with E-state index < -0.39 is 0 Å². The van der Waals surface area contributed by atoms with Gasteiger partial charge in [0.15, 0.2) is 11.5 Å². The van der Waals surface area contributed by atoms with E-state index in [1.807, 2.05) is 6.07 Å². The van der Waals surface area contributed by atoms with Crippen LogP contribution in [0.2, 0.25) is 0 Å². The van der Waals surface area contributed by atoms with Crippen molar-refractivity contribution in [3.05, 3.63) is 40.5 Å². The minimum atomic E-state index is -0.272. The summed E-state index contributed by atoms with van der Waals surface area (Å²) in [4.78, 5) is 0. The van der Waals surface area contributed by atoms with Gasteiger partial charge in [0.1, 0.15) is 5.69 Å². The summed E-state index contributed by atoms with van der Waals surface area (Å²) >= 11 is 0. The Labute approximate surface area is 189 Å². The lowest BCUT2D eigenvalue weighted by atomic mass is 9.78. The molecule has 3 rings (SSSR count). The van der Waals surface area contributed by atoms with Gasteiger partial charge in [0.2, 0.25) is 0 Å². The van der Waals surface area contributed by atoms with E-state index in [4.69, 9.17) is 10.1 Å². The summed E-state index contributed by atoms with van der Waals surface area (Å²) in [7, 11) is 0. The van der Waals surface area contributed by atoms with Crippen LogP contribution in [0.5, 0.6) is 17.2 Å². The van der Waals surface area contributed by atoms with Crippen LogP contribution in [0.3, 0.4) is 0 Å². The van der Waals surface area contributed by atoms with Crippen LogP contribution in [0, 0.1) is 0 Å². The first-order valence-electron chi connectivity index (χ1n) is 11.3. The molecule has 3 heteroatoms. The zero-order valence-corrected chi connectivity index (χ0v) is 21.5. The van der Waals surface area contributed by atoms with E-state index in [0.717, 1.165) is 28.1 Å². The van der Waals surface area contributed by atoms with Crippen molar-refractivity contribution in [2.24, 2.45) is 0 Å². The van der Waals surface area contributed by atoms with Crippen molar-refractivity contribution >= 4 is 11.4 Å². The number of ether oxygens (including phenoxy) is 1. The number of rotatable bonds is 0. The van der Waals surface area contributed by atoms with E-state index in [1.54, 1.807) is 0 Å². The lowest BCUT2D eigenvalue weighted by Gasteiger charge is -2.37. The fourth-order valence-electron chi connectivity index (χ4n) is 3.97. The van der Waals surface area contributed by atoms with Gasteiger partial charge in [-0.05, 0) is 38.9 Å². The second-order valence-corrected chi connectivity index (χ2v) is 13.1. The largest absolute Gasteiger partial charge is 0.871 e. The third kappa shape index (κ3) is 4.29. The second-order valence-electron chi connectivity index (χ2n) is 13.1. The zero-order chi connectivity index (χ0) is 23.7. The van der Waals surface area contributed by atoms with Gasteiger partial charge < -0.3 is 9.84 Å². The Morgan fingerprint density at radius 2 is 1.10 bits per heavy atom. The Hall–Kier alpha value is -2.16. The minimum Gasteiger partial charge on any atom is -0.871 e. The molecule has 2 aromatic rings. The van der Waals surface area contributed by atoms with Crippen molar-refractivity contribution in [1.82, 2.24) is 5.32 Å². The Morgan fingerprint density at radius 3 is 1.55 bits per heavy atom. The Kier molecular flexibility index (Phi) is 5.25. The average Bonchev–Trinajstić information content (AvgIpc) is 2.55. The molecule has 31 heavy (non-hydrogen) atoms. The molecule has 0 aliphatic carbocycles. The smallest absolute Gasteiger partial charge is 0.156 e. The first-order valence-corrected chi connectivity index (χ1v) is 11.3. The van der Waals surface area contributed by atoms with E-state index in [9.17, 15) is 5.11 Å². The average molecular weight is 422 g/mol. The maximum Gasteiger partial charge on any atom is 0.156 e. The molecule has 0 saturated heterocycles. The van der Waals surface area contributed by atoms with Crippen molar-refractivity contribution in [3.63, 3.8) is 0 Å². The summed E-state index contributed by atoms with van der Waals surface area (Å²) in [6.45, 7) is 25.9. The fraction of sp³-hybridized carbons (Fsp3) is 0.571. The fourth-order valence-corrected chi connectivity index (χ4v) is 3.97. The Bertz CT molecular complexity index is 1020. The zero-order valence-electron chi connectivity index (χ0n) is 21.5. The van der Waals surface area contributed by atoms with E-state index in [1.165, 1.54) is 5.56 Å². The molecule has 1 heterocycles. The summed E-state index contributed by atoms with van der Waals surface area (Å²) in [5, 5.41) is 18.5. The van der Waals surface area contributed by atoms with Crippen LogP contribution in [0.4, 0.5) is 11.4 Å². The van der Waals surface area contributed by atoms with E-state index in [-0.39, 0.29) is 27.4 Å². The van der Waals surface area contributed by atoms with Gasteiger partial charge in [-0.3, -0.25) is 0 Å². The van der Waals surface area contributed by atoms with Crippen molar-refractivity contribution < 1.29 is 9.84 Å². The van der Waals surface area contributed by atoms with Gasteiger partial charge in [0.05, 0.1) is 5.69 Å². The number of hydrogen-bond acceptors (Lipinski definition) is 2. The molecule has 0 atom stereocenters. The van der Waals surface area contributed by atoms with E-state index >= 15 is 0 Å². The van der Waals surface area contributed by atoms with Crippen LogP contribution < -0.4 is 15.2 Å². The summed E-state index contributed by atoms with van der Waals surface area (Å²) in [6, 6.07) is 6.38. The summed E-state index contributed by atoms with van der Waals surface area (Å²) in [5.41, 5.74) is 4.73. The molecule has 0 bridgehead atoms. The third-order valence-corrected chi connectivity index (χ3v) is 6.00. The second kappa shape index (κ2) is 6.92. The number of hydrogen-bond donors (Lipinski definition) is 0. The molecule has 1 aliphatic rings. The standard InChI is InChI=1S/C28H40NO2/c1-25(2,3)16-13-18(27(7,8)9)23-20(14-16)29-21-22(30)17(26(4,5)6)15-19(24(21)31-23)28(10,11)12/h13-15,30H,1-12H3/p-1. The minimum absolute atomic E-state index is 0.0281. The summed E-state index contributed by atoms with van der Waals surface area (Å²) in [6.07, 6.45) is 0. The van der Waals surface area contributed by atoms with Crippen molar-refractivity contribution in [2.75, 3.05) is 0 Å². The van der Waals surface area contributed by atoms with Gasteiger partial charge in [-0.2, -0.15) is 0 Å². The lowest BCUT2D eigenvalue weighted by Crippen LogP contribution is -2.24. The molecule has 2 aromatic carbocycles. The monoisotopic (exact) mass is 421 g/mol. The molecule has 169 valence electrons. The molecule has 1 aliphatic heterocycles. The van der Waals surface area contributed by atoms with Crippen LogP contribution in [0.25, 0.3) is 0 Å². The molecule has 3 nitrogen and oxygen atoms in total. The molecule has 0 fully saturated rings. The maximum atomic E-state index is 13.5.